The van der Waals surface area contributed by atoms with Crippen LogP contribution >= 0.6 is 0 Å². The first-order valence-electron chi connectivity index (χ1n) is 10.3. The first-order valence-corrected chi connectivity index (χ1v) is 10.3. The summed E-state index contributed by atoms with van der Waals surface area (Å²) < 4.78 is 79.2. The van der Waals surface area contributed by atoms with Crippen LogP contribution in [0.3, 0.4) is 0 Å². The molecule has 35 heavy (non-hydrogen) atoms. The number of anilines is 2. The number of benzene rings is 1. The standard InChI is InChI=1S/C24H19F6N5/c1-35(2)13-16-12-20(32-15-7-5-14(6-8-15)23(25,26)27)17-9-10-19(34-22(17)33-16)21-18(24(28,29)30)4-3-11-31-21/h3-12H,13H2,1-2H3,(H,32,33,34). The van der Waals surface area contributed by atoms with Gasteiger partial charge in [-0.2, -0.15) is 26.3 Å². The van der Waals surface area contributed by atoms with Crippen LogP contribution in [0.25, 0.3) is 22.4 Å². The van der Waals surface area contributed by atoms with Gasteiger partial charge in [-0.25, -0.2) is 9.97 Å². The van der Waals surface area contributed by atoms with Crippen molar-refractivity contribution in [3.8, 4) is 11.4 Å². The number of nitrogens with zero attached hydrogens (tertiary/aromatic N) is 4. The third-order valence-corrected chi connectivity index (χ3v) is 5.05. The van der Waals surface area contributed by atoms with Crippen LogP contribution in [-0.4, -0.2) is 33.9 Å². The molecule has 0 fully saturated rings. The number of alkyl halides is 6. The predicted octanol–water partition coefficient (Wildman–Crippen LogP) is 6.53. The number of pyridine rings is 3. The van der Waals surface area contributed by atoms with Crippen molar-refractivity contribution >= 4 is 22.4 Å². The van der Waals surface area contributed by atoms with Crippen molar-refractivity contribution in [1.29, 1.82) is 0 Å². The van der Waals surface area contributed by atoms with Crippen LogP contribution in [0.4, 0.5) is 37.7 Å². The second kappa shape index (κ2) is 9.14. The van der Waals surface area contributed by atoms with Crippen molar-refractivity contribution in [3.05, 3.63) is 77.6 Å². The van der Waals surface area contributed by atoms with Crippen LogP contribution in [0.15, 0.2) is 60.8 Å². The van der Waals surface area contributed by atoms with Gasteiger partial charge in [0.2, 0.25) is 0 Å². The van der Waals surface area contributed by atoms with Gasteiger partial charge < -0.3 is 10.2 Å². The highest BCUT2D eigenvalue weighted by Gasteiger charge is 2.34. The van der Waals surface area contributed by atoms with Crippen molar-refractivity contribution in [2.24, 2.45) is 0 Å². The number of hydrogen-bond acceptors (Lipinski definition) is 5. The SMILES string of the molecule is CN(C)Cc1cc(Nc2ccc(C(F)(F)F)cc2)c2ccc(-c3ncccc3C(F)(F)F)nc2n1. The largest absolute Gasteiger partial charge is 0.418 e. The number of aromatic nitrogens is 3. The summed E-state index contributed by atoms with van der Waals surface area (Å²) in [4.78, 5) is 14.6. The highest BCUT2D eigenvalue weighted by Crippen LogP contribution is 2.36. The lowest BCUT2D eigenvalue weighted by Crippen LogP contribution is -2.13. The van der Waals surface area contributed by atoms with Gasteiger partial charge in [0.25, 0.3) is 0 Å². The molecule has 0 saturated carbocycles. The van der Waals surface area contributed by atoms with Gasteiger partial charge in [0.05, 0.1) is 28.2 Å². The van der Waals surface area contributed by atoms with E-state index in [9.17, 15) is 26.3 Å². The fourth-order valence-corrected chi connectivity index (χ4v) is 3.53. The molecule has 0 amide bonds. The topological polar surface area (TPSA) is 53.9 Å². The molecule has 0 aliphatic carbocycles. The minimum absolute atomic E-state index is 0.000378. The number of nitrogens with one attached hydrogen (secondary N) is 1. The van der Waals surface area contributed by atoms with Gasteiger partial charge in [-0.05, 0) is 68.7 Å². The monoisotopic (exact) mass is 491 g/mol. The van der Waals surface area contributed by atoms with E-state index in [-0.39, 0.29) is 17.0 Å². The molecule has 1 N–H and O–H groups in total. The number of rotatable bonds is 5. The highest BCUT2D eigenvalue weighted by atomic mass is 19.4. The van der Waals surface area contributed by atoms with E-state index in [1.54, 1.807) is 12.1 Å². The van der Waals surface area contributed by atoms with Gasteiger partial charge in [0.1, 0.15) is 5.69 Å². The molecule has 0 aliphatic heterocycles. The van der Waals surface area contributed by atoms with Crippen molar-refractivity contribution in [2.45, 2.75) is 18.9 Å². The first kappa shape index (κ1) is 24.4. The van der Waals surface area contributed by atoms with Gasteiger partial charge in [-0.3, -0.25) is 4.98 Å². The van der Waals surface area contributed by atoms with Gasteiger partial charge >= 0.3 is 12.4 Å². The molecule has 4 aromatic rings. The molecule has 3 aromatic heterocycles. The molecule has 0 radical (unpaired) electrons. The van der Waals surface area contributed by atoms with Gasteiger partial charge in [0, 0.05) is 23.8 Å². The van der Waals surface area contributed by atoms with Crippen molar-refractivity contribution in [3.63, 3.8) is 0 Å². The maximum absolute atomic E-state index is 13.5. The van der Waals surface area contributed by atoms with Crippen LogP contribution < -0.4 is 5.32 Å². The molecule has 1 aromatic carbocycles. The Morgan fingerprint density at radius 1 is 0.857 bits per heavy atom. The van der Waals surface area contributed by atoms with Crippen LogP contribution in [0.1, 0.15) is 16.8 Å². The first-order chi connectivity index (χ1) is 16.4. The van der Waals surface area contributed by atoms with E-state index in [1.807, 2.05) is 19.0 Å². The number of hydrogen-bond donors (Lipinski definition) is 1. The second-order valence-corrected chi connectivity index (χ2v) is 8.06. The molecule has 4 rings (SSSR count). The summed E-state index contributed by atoms with van der Waals surface area (Å²) in [5, 5.41) is 3.56. The van der Waals surface area contributed by atoms with E-state index in [0.29, 0.717) is 29.0 Å². The minimum atomic E-state index is -4.62. The zero-order valence-electron chi connectivity index (χ0n) is 18.5. The summed E-state index contributed by atoms with van der Waals surface area (Å²) in [5.41, 5.74) is -0.373. The predicted molar refractivity (Wildman–Crippen MR) is 120 cm³/mol. The van der Waals surface area contributed by atoms with Crippen LogP contribution in [-0.2, 0) is 18.9 Å². The molecule has 0 aliphatic rings. The van der Waals surface area contributed by atoms with E-state index >= 15 is 0 Å². The maximum Gasteiger partial charge on any atom is 0.418 e. The molecule has 11 heteroatoms. The number of fused-ring (bicyclic) bond motifs is 1. The molecule has 182 valence electrons. The maximum atomic E-state index is 13.5. The Morgan fingerprint density at radius 3 is 2.20 bits per heavy atom. The number of halogens is 6. The molecule has 0 spiro atoms. The Hall–Kier alpha value is -3.73. The molecule has 0 atom stereocenters. The Morgan fingerprint density at radius 2 is 1.57 bits per heavy atom. The quantitative estimate of drug-likeness (QED) is 0.322. The van der Waals surface area contributed by atoms with E-state index in [4.69, 9.17) is 0 Å². The van der Waals surface area contributed by atoms with Gasteiger partial charge in [-0.1, -0.05) is 0 Å². The van der Waals surface area contributed by atoms with Crippen LogP contribution in [0.5, 0.6) is 0 Å². The minimum Gasteiger partial charge on any atom is -0.355 e. The average Bonchev–Trinajstić information content (AvgIpc) is 2.77. The summed E-state index contributed by atoms with van der Waals surface area (Å²) in [6, 6.07) is 11.3. The third-order valence-electron chi connectivity index (χ3n) is 5.05. The Balaban J connectivity index is 1.80. The van der Waals surface area contributed by atoms with E-state index in [1.165, 1.54) is 30.5 Å². The van der Waals surface area contributed by atoms with Gasteiger partial charge in [0.15, 0.2) is 5.65 Å². The Labute approximate surface area is 196 Å². The lowest BCUT2D eigenvalue weighted by Gasteiger charge is -2.16. The lowest BCUT2D eigenvalue weighted by atomic mass is 10.1. The molecule has 0 unspecified atom stereocenters. The van der Waals surface area contributed by atoms with Crippen LogP contribution in [0.2, 0.25) is 0 Å². The van der Waals surface area contributed by atoms with E-state index in [2.05, 4.69) is 20.3 Å². The molecule has 3 heterocycles. The zero-order chi connectivity index (χ0) is 25.4. The van der Waals surface area contributed by atoms with Crippen molar-refractivity contribution in [2.75, 3.05) is 19.4 Å². The molecular formula is C24H19F6N5. The summed E-state index contributed by atoms with van der Waals surface area (Å²) in [7, 11) is 3.64. The molecule has 0 saturated heterocycles. The van der Waals surface area contributed by atoms with Crippen molar-refractivity contribution in [1.82, 2.24) is 19.9 Å². The Bertz CT molecular complexity index is 1350. The van der Waals surface area contributed by atoms with Crippen molar-refractivity contribution < 1.29 is 26.3 Å². The molecule has 5 nitrogen and oxygen atoms in total. The Kier molecular flexibility index (Phi) is 6.37. The second-order valence-electron chi connectivity index (χ2n) is 8.06. The zero-order valence-corrected chi connectivity index (χ0v) is 18.5. The van der Waals surface area contributed by atoms with Crippen LogP contribution in [0, 0.1) is 0 Å². The van der Waals surface area contributed by atoms with E-state index in [0.717, 1.165) is 18.2 Å². The fourth-order valence-electron chi connectivity index (χ4n) is 3.53. The highest BCUT2D eigenvalue weighted by molar-refractivity contribution is 5.92. The average molecular weight is 491 g/mol. The lowest BCUT2D eigenvalue weighted by molar-refractivity contribution is -0.138. The summed E-state index contributed by atoms with van der Waals surface area (Å²) in [6.07, 6.45) is -7.82. The van der Waals surface area contributed by atoms with Gasteiger partial charge in [-0.15, -0.1) is 0 Å². The summed E-state index contributed by atoms with van der Waals surface area (Å²) in [5.74, 6) is 0. The smallest absolute Gasteiger partial charge is 0.355 e. The molecular weight excluding hydrogens is 472 g/mol. The molecule has 0 bridgehead atoms. The third kappa shape index (κ3) is 5.51. The van der Waals surface area contributed by atoms with E-state index < -0.39 is 23.5 Å². The normalized spacial score (nSPS) is 12.4. The fraction of sp³-hybridized carbons (Fsp3) is 0.208. The summed E-state index contributed by atoms with van der Waals surface area (Å²) >= 11 is 0. The summed E-state index contributed by atoms with van der Waals surface area (Å²) in [6.45, 7) is 0.404.